The highest BCUT2D eigenvalue weighted by molar-refractivity contribution is 7.11. The fraction of sp³-hybridized carbons (Fsp3) is 0.647. The first-order chi connectivity index (χ1) is 11.7. The molecule has 2 unspecified atom stereocenters. The van der Waals surface area contributed by atoms with E-state index in [1.54, 1.807) is 12.7 Å². The zero-order chi connectivity index (χ0) is 16.4. The molecule has 7 heteroatoms. The number of hydrogen-bond donors (Lipinski definition) is 0. The minimum Gasteiger partial charge on any atom is -0.377 e. The van der Waals surface area contributed by atoms with E-state index in [1.165, 1.54) is 9.75 Å². The molecule has 2 aliphatic rings. The molecule has 2 aromatic rings. The molecule has 130 valence electrons. The van der Waals surface area contributed by atoms with E-state index < -0.39 is 0 Å². The van der Waals surface area contributed by atoms with Crippen LogP contribution in [0.5, 0.6) is 0 Å². The number of aryl methyl sites for hydroxylation is 1. The third kappa shape index (κ3) is 3.69. The van der Waals surface area contributed by atoms with Crippen LogP contribution < -0.4 is 0 Å². The maximum absolute atomic E-state index is 6.46. The maximum atomic E-state index is 6.46. The zero-order valence-corrected chi connectivity index (χ0v) is 14.9. The molecule has 2 aromatic heterocycles. The smallest absolute Gasteiger partial charge is 0.137 e. The van der Waals surface area contributed by atoms with Gasteiger partial charge in [-0.15, -0.1) is 11.3 Å². The van der Waals surface area contributed by atoms with Crippen LogP contribution in [0.1, 0.15) is 22.6 Å². The molecular formula is C17H24N4O2S. The van der Waals surface area contributed by atoms with Crippen molar-refractivity contribution in [1.82, 2.24) is 19.7 Å². The summed E-state index contributed by atoms with van der Waals surface area (Å²) in [5, 5.41) is 4.19. The summed E-state index contributed by atoms with van der Waals surface area (Å²) in [4.78, 5) is 9.28. The fourth-order valence-corrected chi connectivity index (χ4v) is 4.62. The number of hydrogen-bond acceptors (Lipinski definition) is 6. The van der Waals surface area contributed by atoms with Gasteiger partial charge >= 0.3 is 0 Å². The zero-order valence-electron chi connectivity index (χ0n) is 14.1. The molecule has 0 amide bonds. The third-order valence-electron chi connectivity index (χ3n) is 4.80. The first-order valence-corrected chi connectivity index (χ1v) is 9.38. The van der Waals surface area contributed by atoms with E-state index in [0.717, 1.165) is 45.6 Å². The van der Waals surface area contributed by atoms with Gasteiger partial charge in [0.05, 0.1) is 25.9 Å². The first kappa shape index (κ1) is 16.2. The summed E-state index contributed by atoms with van der Waals surface area (Å²) in [5.41, 5.74) is -0.173. The summed E-state index contributed by atoms with van der Waals surface area (Å²) in [5.74, 6) is 0. The van der Waals surface area contributed by atoms with Crippen LogP contribution in [0.15, 0.2) is 24.8 Å². The molecular weight excluding hydrogens is 324 g/mol. The van der Waals surface area contributed by atoms with Crippen LogP contribution in [0.3, 0.4) is 0 Å². The normalized spacial score (nSPS) is 28.5. The van der Waals surface area contributed by atoms with Crippen LogP contribution in [-0.2, 0) is 22.6 Å². The minimum atomic E-state index is -0.173. The molecule has 24 heavy (non-hydrogen) atoms. The summed E-state index contributed by atoms with van der Waals surface area (Å²) in [6.45, 7) is 7.31. The van der Waals surface area contributed by atoms with Crippen LogP contribution in [0.2, 0.25) is 0 Å². The standard InChI is InChI=1S/C17H24N4O2S/c1-14-2-3-16(24-14)9-20-6-7-22-11-17(10-20)5-4-15(23-17)8-21-13-18-12-19-21/h2-3,12-13,15H,4-11H2,1H3. The maximum Gasteiger partial charge on any atom is 0.137 e. The number of nitrogens with zero attached hydrogens (tertiary/aromatic N) is 4. The van der Waals surface area contributed by atoms with Gasteiger partial charge < -0.3 is 9.47 Å². The average Bonchev–Trinajstić information content (AvgIpc) is 3.25. The molecule has 2 fully saturated rings. The van der Waals surface area contributed by atoms with E-state index in [4.69, 9.17) is 9.47 Å². The van der Waals surface area contributed by atoms with E-state index in [0.29, 0.717) is 6.61 Å². The van der Waals surface area contributed by atoms with E-state index in [-0.39, 0.29) is 11.7 Å². The lowest BCUT2D eigenvalue weighted by molar-refractivity contribution is -0.0904. The van der Waals surface area contributed by atoms with Crippen molar-refractivity contribution in [2.45, 2.75) is 44.6 Å². The lowest BCUT2D eigenvalue weighted by Gasteiger charge is -2.31. The summed E-state index contributed by atoms with van der Waals surface area (Å²) >= 11 is 1.88. The topological polar surface area (TPSA) is 52.4 Å². The summed E-state index contributed by atoms with van der Waals surface area (Å²) in [6.07, 6.45) is 5.62. The van der Waals surface area contributed by atoms with Gasteiger partial charge in [-0.1, -0.05) is 0 Å². The van der Waals surface area contributed by atoms with Crippen molar-refractivity contribution < 1.29 is 9.47 Å². The van der Waals surface area contributed by atoms with Gasteiger partial charge in [0.2, 0.25) is 0 Å². The van der Waals surface area contributed by atoms with Crippen LogP contribution in [0.4, 0.5) is 0 Å². The fourth-order valence-electron chi connectivity index (χ4n) is 3.69. The molecule has 0 radical (unpaired) electrons. The van der Waals surface area contributed by atoms with Gasteiger partial charge in [-0.05, 0) is 31.9 Å². The Balaban J connectivity index is 1.40. The highest BCUT2D eigenvalue weighted by Crippen LogP contribution is 2.34. The van der Waals surface area contributed by atoms with Gasteiger partial charge in [0.25, 0.3) is 0 Å². The number of aromatic nitrogens is 3. The monoisotopic (exact) mass is 348 g/mol. The second kappa shape index (κ2) is 6.92. The Bertz CT molecular complexity index is 659. The molecule has 0 bridgehead atoms. The average molecular weight is 348 g/mol. The quantitative estimate of drug-likeness (QED) is 0.847. The highest BCUT2D eigenvalue weighted by Gasteiger charge is 2.43. The molecule has 0 aromatic carbocycles. The SMILES string of the molecule is Cc1ccc(CN2CCOCC3(CCC(Cn4cncn4)O3)C2)s1. The van der Waals surface area contributed by atoms with Crippen molar-refractivity contribution in [1.29, 1.82) is 0 Å². The van der Waals surface area contributed by atoms with E-state index in [2.05, 4.69) is 34.0 Å². The third-order valence-corrected chi connectivity index (χ3v) is 5.79. The van der Waals surface area contributed by atoms with E-state index >= 15 is 0 Å². The molecule has 0 aliphatic carbocycles. The lowest BCUT2D eigenvalue weighted by atomic mass is 10.00. The Morgan fingerprint density at radius 3 is 3.17 bits per heavy atom. The molecule has 1 spiro atoms. The molecule has 6 nitrogen and oxygen atoms in total. The Labute approximate surface area is 146 Å². The van der Waals surface area contributed by atoms with Crippen LogP contribution in [0.25, 0.3) is 0 Å². The predicted octanol–water partition coefficient (Wildman–Crippen LogP) is 2.10. The number of thiophene rings is 1. The summed E-state index contributed by atoms with van der Waals surface area (Å²) in [6, 6.07) is 4.44. The van der Waals surface area contributed by atoms with Crippen molar-refractivity contribution in [2.75, 3.05) is 26.3 Å². The molecule has 4 rings (SSSR count). The largest absolute Gasteiger partial charge is 0.377 e. The minimum absolute atomic E-state index is 0.173. The van der Waals surface area contributed by atoms with Crippen LogP contribution in [0, 0.1) is 6.92 Å². The number of rotatable bonds is 4. The van der Waals surface area contributed by atoms with E-state index in [1.807, 2.05) is 16.0 Å². The summed E-state index contributed by atoms with van der Waals surface area (Å²) in [7, 11) is 0. The highest BCUT2D eigenvalue weighted by atomic mass is 32.1. The van der Waals surface area contributed by atoms with Crippen molar-refractivity contribution in [3.05, 3.63) is 34.5 Å². The lowest BCUT2D eigenvalue weighted by Crippen LogP contribution is -2.44. The molecule has 2 saturated heterocycles. The van der Waals surface area contributed by atoms with Gasteiger partial charge in [-0.3, -0.25) is 9.58 Å². The van der Waals surface area contributed by atoms with Gasteiger partial charge in [0.1, 0.15) is 18.3 Å². The van der Waals surface area contributed by atoms with Crippen LogP contribution in [-0.4, -0.2) is 57.7 Å². The van der Waals surface area contributed by atoms with Crippen molar-refractivity contribution in [2.24, 2.45) is 0 Å². The van der Waals surface area contributed by atoms with Gasteiger partial charge in [-0.2, -0.15) is 5.10 Å². The predicted molar refractivity (Wildman–Crippen MR) is 92.0 cm³/mol. The Kier molecular flexibility index (Phi) is 4.67. The molecule has 0 saturated carbocycles. The van der Waals surface area contributed by atoms with Crippen LogP contribution >= 0.6 is 11.3 Å². The molecule has 2 aliphatic heterocycles. The second-order valence-electron chi connectivity index (χ2n) is 6.85. The van der Waals surface area contributed by atoms with Crippen molar-refractivity contribution >= 4 is 11.3 Å². The van der Waals surface area contributed by atoms with Gasteiger partial charge in [0.15, 0.2) is 0 Å². The Morgan fingerprint density at radius 1 is 1.42 bits per heavy atom. The van der Waals surface area contributed by atoms with Gasteiger partial charge in [0, 0.05) is 29.4 Å². The van der Waals surface area contributed by atoms with Gasteiger partial charge in [-0.25, -0.2) is 4.98 Å². The molecule has 2 atom stereocenters. The Morgan fingerprint density at radius 2 is 2.38 bits per heavy atom. The second-order valence-corrected chi connectivity index (χ2v) is 8.23. The summed E-state index contributed by atoms with van der Waals surface area (Å²) < 4.78 is 14.2. The van der Waals surface area contributed by atoms with Crippen molar-refractivity contribution in [3.63, 3.8) is 0 Å². The Hall–Kier alpha value is -1.28. The number of ether oxygens (including phenoxy) is 2. The molecule has 4 heterocycles. The first-order valence-electron chi connectivity index (χ1n) is 8.56. The van der Waals surface area contributed by atoms with E-state index in [9.17, 15) is 0 Å². The molecule has 0 N–H and O–H groups in total. The van der Waals surface area contributed by atoms with Crippen molar-refractivity contribution in [3.8, 4) is 0 Å².